The normalized spacial score (nSPS) is 10.3. The van der Waals surface area contributed by atoms with E-state index in [1.807, 2.05) is 24.7 Å². The van der Waals surface area contributed by atoms with Crippen LogP contribution in [0.3, 0.4) is 0 Å². The Bertz CT molecular complexity index is 611. The van der Waals surface area contributed by atoms with Crippen molar-refractivity contribution < 1.29 is 4.79 Å². The fourth-order valence-corrected chi connectivity index (χ4v) is 1.94. The lowest BCUT2D eigenvalue weighted by atomic mass is 10.2. The highest BCUT2D eigenvalue weighted by molar-refractivity contribution is 6.29. The van der Waals surface area contributed by atoms with E-state index in [1.54, 1.807) is 12.3 Å². The number of rotatable bonds is 5. The Morgan fingerprint density at radius 2 is 2.25 bits per heavy atom. The summed E-state index contributed by atoms with van der Waals surface area (Å²) in [6.45, 7) is 3.02. The first-order valence-corrected chi connectivity index (χ1v) is 6.63. The van der Waals surface area contributed by atoms with Crippen molar-refractivity contribution in [2.75, 3.05) is 11.9 Å². The number of hydrogen-bond donors (Lipinski definition) is 2. The molecule has 0 radical (unpaired) electrons. The molecule has 1 amide bonds. The number of nitrogens with one attached hydrogen (secondary N) is 2. The van der Waals surface area contributed by atoms with E-state index in [0.717, 1.165) is 5.82 Å². The second-order valence-corrected chi connectivity index (χ2v) is 4.62. The summed E-state index contributed by atoms with van der Waals surface area (Å²) < 4.78 is 1.85. The van der Waals surface area contributed by atoms with Crippen LogP contribution in [0, 0.1) is 0 Å². The maximum Gasteiger partial charge on any atom is 0.251 e. The molecule has 2 aromatic heterocycles. The van der Waals surface area contributed by atoms with Gasteiger partial charge >= 0.3 is 0 Å². The highest BCUT2D eigenvalue weighted by Crippen LogP contribution is 2.14. The Kier molecular flexibility index (Phi) is 4.57. The van der Waals surface area contributed by atoms with Gasteiger partial charge in [0.25, 0.3) is 5.91 Å². The van der Waals surface area contributed by atoms with Crippen LogP contribution in [-0.2, 0) is 13.6 Å². The summed E-state index contributed by atoms with van der Waals surface area (Å²) in [5, 5.41) is 6.12. The number of nitrogens with zero attached hydrogens (tertiary/aromatic N) is 3. The number of carbonyl (C=O) groups excluding carboxylic acids is 1. The molecule has 2 heterocycles. The summed E-state index contributed by atoms with van der Waals surface area (Å²) >= 11 is 5.91. The number of amides is 1. The number of carbonyl (C=O) groups is 1. The van der Waals surface area contributed by atoms with Gasteiger partial charge in [-0.25, -0.2) is 9.97 Å². The monoisotopic (exact) mass is 293 g/mol. The van der Waals surface area contributed by atoms with Gasteiger partial charge in [0.1, 0.15) is 16.8 Å². The third kappa shape index (κ3) is 3.48. The quantitative estimate of drug-likeness (QED) is 0.825. The van der Waals surface area contributed by atoms with E-state index in [-0.39, 0.29) is 11.1 Å². The predicted molar refractivity (Wildman–Crippen MR) is 77.8 cm³/mol. The number of aryl methyl sites for hydroxylation is 1. The minimum absolute atomic E-state index is 0.212. The highest BCUT2D eigenvalue weighted by Gasteiger charge is 2.10. The zero-order chi connectivity index (χ0) is 14.5. The van der Waals surface area contributed by atoms with Gasteiger partial charge in [0.05, 0.1) is 6.54 Å². The molecule has 20 heavy (non-hydrogen) atoms. The molecule has 2 N–H and O–H groups in total. The van der Waals surface area contributed by atoms with E-state index in [1.165, 1.54) is 6.07 Å². The molecule has 0 bridgehead atoms. The standard InChI is InChI=1S/C13H16ClN5O/c1-3-15-11-7-9(6-10(14)18-11)13(20)17-8-12-16-4-5-19(12)2/h4-7H,3,8H2,1-2H3,(H,15,18)(H,17,20). The number of halogens is 1. The van der Waals surface area contributed by atoms with Gasteiger partial charge in [0.15, 0.2) is 0 Å². The fraction of sp³-hybridized carbons (Fsp3) is 0.308. The molecule has 0 unspecified atom stereocenters. The summed E-state index contributed by atoms with van der Waals surface area (Å²) in [5.41, 5.74) is 0.468. The smallest absolute Gasteiger partial charge is 0.251 e. The molecule has 0 saturated heterocycles. The van der Waals surface area contributed by atoms with E-state index in [4.69, 9.17) is 11.6 Å². The van der Waals surface area contributed by atoms with Crippen molar-refractivity contribution in [3.63, 3.8) is 0 Å². The van der Waals surface area contributed by atoms with Gasteiger partial charge in [-0.15, -0.1) is 0 Å². The zero-order valence-electron chi connectivity index (χ0n) is 11.4. The van der Waals surface area contributed by atoms with Crippen LogP contribution in [0.1, 0.15) is 23.1 Å². The van der Waals surface area contributed by atoms with Gasteiger partial charge in [-0.3, -0.25) is 4.79 Å². The van der Waals surface area contributed by atoms with Crippen LogP contribution >= 0.6 is 11.6 Å². The van der Waals surface area contributed by atoms with Crippen molar-refractivity contribution in [2.24, 2.45) is 7.05 Å². The van der Waals surface area contributed by atoms with Crippen molar-refractivity contribution in [3.05, 3.63) is 41.1 Å². The Morgan fingerprint density at radius 1 is 1.45 bits per heavy atom. The number of pyridine rings is 1. The summed E-state index contributed by atoms with van der Waals surface area (Å²) in [7, 11) is 1.88. The van der Waals surface area contributed by atoms with Crippen molar-refractivity contribution in [3.8, 4) is 0 Å². The number of aromatic nitrogens is 3. The van der Waals surface area contributed by atoms with Crippen LogP contribution in [0.2, 0.25) is 5.15 Å². The Balaban J connectivity index is 2.07. The minimum atomic E-state index is -0.212. The summed E-state index contributed by atoms with van der Waals surface area (Å²) in [6, 6.07) is 3.21. The number of hydrogen-bond acceptors (Lipinski definition) is 4. The first kappa shape index (κ1) is 14.3. The van der Waals surface area contributed by atoms with Crippen molar-refractivity contribution >= 4 is 23.3 Å². The highest BCUT2D eigenvalue weighted by atomic mass is 35.5. The molecule has 106 valence electrons. The third-order valence-corrected chi connectivity index (χ3v) is 2.94. The lowest BCUT2D eigenvalue weighted by Crippen LogP contribution is -2.24. The predicted octanol–water partition coefficient (Wildman–Crippen LogP) is 1.83. The molecule has 0 fully saturated rings. The lowest BCUT2D eigenvalue weighted by molar-refractivity contribution is 0.0949. The summed E-state index contributed by atoms with van der Waals surface area (Å²) in [5.74, 6) is 1.16. The average molecular weight is 294 g/mol. The molecule has 0 aliphatic rings. The van der Waals surface area contributed by atoms with Crippen LogP contribution in [-0.4, -0.2) is 27.0 Å². The minimum Gasteiger partial charge on any atom is -0.370 e. The molecule has 0 aliphatic carbocycles. The van der Waals surface area contributed by atoms with E-state index < -0.39 is 0 Å². The lowest BCUT2D eigenvalue weighted by Gasteiger charge is -2.08. The van der Waals surface area contributed by atoms with Crippen LogP contribution in [0.25, 0.3) is 0 Å². The van der Waals surface area contributed by atoms with E-state index in [9.17, 15) is 4.79 Å². The molecule has 6 nitrogen and oxygen atoms in total. The van der Waals surface area contributed by atoms with Gasteiger partial charge < -0.3 is 15.2 Å². The van der Waals surface area contributed by atoms with Gasteiger partial charge in [0, 0.05) is 31.5 Å². The maximum atomic E-state index is 12.1. The molecule has 2 aromatic rings. The molecule has 0 aromatic carbocycles. The van der Waals surface area contributed by atoms with Crippen LogP contribution in [0.5, 0.6) is 0 Å². The Morgan fingerprint density at radius 3 is 2.90 bits per heavy atom. The number of imidazole rings is 1. The van der Waals surface area contributed by atoms with Gasteiger partial charge in [0.2, 0.25) is 0 Å². The molecule has 0 aliphatic heterocycles. The second-order valence-electron chi connectivity index (χ2n) is 4.23. The molecule has 7 heteroatoms. The Hall–Kier alpha value is -2.08. The van der Waals surface area contributed by atoms with Crippen molar-refractivity contribution in [1.29, 1.82) is 0 Å². The topological polar surface area (TPSA) is 71.8 Å². The molecular formula is C13H16ClN5O. The Labute approximate surface area is 122 Å². The molecule has 0 spiro atoms. The van der Waals surface area contributed by atoms with Crippen LogP contribution < -0.4 is 10.6 Å². The fourth-order valence-electron chi connectivity index (χ4n) is 1.73. The van der Waals surface area contributed by atoms with Crippen LogP contribution in [0.15, 0.2) is 24.5 Å². The summed E-state index contributed by atoms with van der Waals surface area (Å²) in [6.07, 6.45) is 3.52. The van der Waals surface area contributed by atoms with Gasteiger partial charge in [-0.2, -0.15) is 0 Å². The molecular weight excluding hydrogens is 278 g/mol. The molecule has 0 saturated carbocycles. The van der Waals surface area contributed by atoms with E-state index in [2.05, 4.69) is 20.6 Å². The third-order valence-electron chi connectivity index (χ3n) is 2.74. The van der Waals surface area contributed by atoms with E-state index in [0.29, 0.717) is 24.5 Å². The zero-order valence-corrected chi connectivity index (χ0v) is 12.1. The van der Waals surface area contributed by atoms with Gasteiger partial charge in [-0.05, 0) is 19.1 Å². The second kappa shape index (κ2) is 6.38. The van der Waals surface area contributed by atoms with Crippen LogP contribution in [0.4, 0.5) is 5.82 Å². The van der Waals surface area contributed by atoms with Crippen molar-refractivity contribution in [1.82, 2.24) is 19.9 Å². The molecule has 2 rings (SSSR count). The largest absolute Gasteiger partial charge is 0.370 e. The maximum absolute atomic E-state index is 12.1. The average Bonchev–Trinajstić information content (AvgIpc) is 2.81. The molecule has 0 atom stereocenters. The first-order valence-electron chi connectivity index (χ1n) is 6.26. The first-order chi connectivity index (χ1) is 9.60. The van der Waals surface area contributed by atoms with Gasteiger partial charge in [-0.1, -0.05) is 11.6 Å². The van der Waals surface area contributed by atoms with E-state index >= 15 is 0 Å². The number of anilines is 1. The summed E-state index contributed by atoms with van der Waals surface area (Å²) in [4.78, 5) is 20.3. The SMILES string of the molecule is CCNc1cc(C(=O)NCc2nccn2C)cc(Cl)n1. The van der Waals surface area contributed by atoms with Crippen molar-refractivity contribution in [2.45, 2.75) is 13.5 Å².